The number of fused-ring (bicyclic) bond motifs is 1. The van der Waals surface area contributed by atoms with Gasteiger partial charge in [-0.05, 0) is 96.2 Å². The van der Waals surface area contributed by atoms with Crippen molar-refractivity contribution >= 4 is 35.2 Å². The standard InChI is InChI=1S/C34H45ClN2O3S/c1-5-6-23-15-28(35)8-9-29(23)26-18-37(31-16-24(33(38)39)7-10-32(31)40-19-26)17-25-11-21(2)30(25)14-22-12-27(13-22)34(3,4)20-41-36/h7-10,12,15-16,21,25-27,30H,5-6,11,13-14,17-20,36H2,1-4H3,(H,38,39). The maximum atomic E-state index is 11.9. The van der Waals surface area contributed by atoms with E-state index in [1.54, 1.807) is 11.6 Å². The van der Waals surface area contributed by atoms with Gasteiger partial charge < -0.3 is 14.7 Å². The van der Waals surface area contributed by atoms with Gasteiger partial charge in [-0.1, -0.05) is 75.4 Å². The SMILES string of the molecule is CCCc1cc(Cl)ccc1C1COc2ccc(C(=O)O)cc2N(CC2CC(C)C2CC2=CC(C(C)(C)CSN)C2)C1. The van der Waals surface area contributed by atoms with E-state index >= 15 is 0 Å². The molecule has 7 heteroatoms. The van der Waals surface area contributed by atoms with Crippen LogP contribution in [0.1, 0.15) is 80.8 Å². The molecule has 2 aliphatic carbocycles. The summed E-state index contributed by atoms with van der Waals surface area (Å²) in [6.07, 6.45) is 8.09. The summed E-state index contributed by atoms with van der Waals surface area (Å²) in [5.41, 5.74) is 5.61. The third kappa shape index (κ3) is 6.60. The molecule has 0 amide bonds. The minimum Gasteiger partial charge on any atom is -0.491 e. The van der Waals surface area contributed by atoms with Gasteiger partial charge in [0.15, 0.2) is 0 Å². The van der Waals surface area contributed by atoms with Crippen LogP contribution in [0.2, 0.25) is 5.02 Å². The lowest BCUT2D eigenvalue weighted by molar-refractivity contribution is 0.0697. The number of benzene rings is 2. The number of halogens is 1. The summed E-state index contributed by atoms with van der Waals surface area (Å²) >= 11 is 7.85. The minimum absolute atomic E-state index is 0.170. The van der Waals surface area contributed by atoms with Gasteiger partial charge in [0.2, 0.25) is 0 Å². The summed E-state index contributed by atoms with van der Waals surface area (Å²) in [4.78, 5) is 14.3. The highest BCUT2D eigenvalue weighted by Crippen LogP contribution is 2.50. The van der Waals surface area contributed by atoms with E-state index < -0.39 is 5.97 Å². The van der Waals surface area contributed by atoms with Gasteiger partial charge in [0.25, 0.3) is 0 Å². The molecular weight excluding hydrogens is 552 g/mol. The van der Waals surface area contributed by atoms with Crippen LogP contribution in [0.4, 0.5) is 5.69 Å². The van der Waals surface area contributed by atoms with E-state index in [0.29, 0.717) is 35.8 Å². The number of ether oxygens (including phenoxy) is 1. The first-order valence-corrected chi connectivity index (χ1v) is 16.6. The molecule has 1 saturated carbocycles. The maximum Gasteiger partial charge on any atom is 0.335 e. The van der Waals surface area contributed by atoms with Crippen LogP contribution in [0.5, 0.6) is 5.75 Å². The number of aryl methyl sites for hydroxylation is 1. The number of rotatable bonds is 11. The normalized spacial score (nSPS) is 25.8. The second kappa shape index (κ2) is 12.6. The lowest BCUT2D eigenvalue weighted by Gasteiger charge is -2.48. The van der Waals surface area contributed by atoms with E-state index in [-0.39, 0.29) is 11.3 Å². The summed E-state index contributed by atoms with van der Waals surface area (Å²) in [5.74, 6) is 3.54. The monoisotopic (exact) mass is 596 g/mol. The van der Waals surface area contributed by atoms with E-state index in [9.17, 15) is 9.90 Å². The Morgan fingerprint density at radius 2 is 2.02 bits per heavy atom. The van der Waals surface area contributed by atoms with Gasteiger partial charge in [-0.3, -0.25) is 5.14 Å². The molecule has 5 atom stereocenters. The summed E-state index contributed by atoms with van der Waals surface area (Å²) in [5, 5.41) is 16.3. The van der Waals surface area contributed by atoms with Crippen molar-refractivity contribution in [3.8, 4) is 5.75 Å². The molecule has 0 spiro atoms. The van der Waals surface area contributed by atoms with Crippen LogP contribution in [0.25, 0.3) is 0 Å². The van der Waals surface area contributed by atoms with Crippen LogP contribution in [-0.2, 0) is 6.42 Å². The fourth-order valence-electron chi connectivity index (χ4n) is 7.21. The van der Waals surface area contributed by atoms with Crippen molar-refractivity contribution < 1.29 is 14.6 Å². The van der Waals surface area contributed by atoms with Crippen LogP contribution < -0.4 is 14.8 Å². The molecule has 222 valence electrons. The average molecular weight is 597 g/mol. The minimum atomic E-state index is -0.908. The fourth-order valence-corrected chi connectivity index (χ4v) is 8.05. The Morgan fingerprint density at radius 1 is 1.24 bits per heavy atom. The van der Waals surface area contributed by atoms with Crippen molar-refractivity contribution in [1.29, 1.82) is 0 Å². The predicted molar refractivity (Wildman–Crippen MR) is 171 cm³/mol. The number of hydrogen-bond acceptors (Lipinski definition) is 5. The third-order valence-corrected chi connectivity index (χ3v) is 11.0. The molecule has 3 N–H and O–H groups in total. The molecule has 5 unspecified atom stereocenters. The molecule has 41 heavy (non-hydrogen) atoms. The van der Waals surface area contributed by atoms with E-state index in [1.807, 2.05) is 18.2 Å². The van der Waals surface area contributed by atoms with Crippen molar-refractivity contribution in [2.24, 2.45) is 34.2 Å². The lowest BCUT2D eigenvalue weighted by Crippen LogP contribution is -2.45. The Labute approximate surface area is 255 Å². The van der Waals surface area contributed by atoms with E-state index in [1.165, 1.54) is 42.3 Å². The van der Waals surface area contributed by atoms with Gasteiger partial charge in [-0.25, -0.2) is 4.79 Å². The molecule has 1 fully saturated rings. The molecule has 2 aromatic carbocycles. The molecule has 0 aromatic heterocycles. The van der Waals surface area contributed by atoms with E-state index in [2.05, 4.69) is 50.8 Å². The smallest absolute Gasteiger partial charge is 0.335 e. The predicted octanol–water partition coefficient (Wildman–Crippen LogP) is 8.22. The molecule has 5 rings (SSSR count). The number of carboxylic acid groups (broad SMARTS) is 1. The van der Waals surface area contributed by atoms with Gasteiger partial charge in [-0.15, -0.1) is 0 Å². The molecule has 0 bridgehead atoms. The Hall–Kier alpha value is -2.15. The third-order valence-electron chi connectivity index (χ3n) is 9.83. The van der Waals surface area contributed by atoms with E-state index in [0.717, 1.165) is 48.1 Å². The average Bonchev–Trinajstić information content (AvgIpc) is 3.06. The first-order valence-electron chi connectivity index (χ1n) is 15.1. The molecule has 3 aliphatic rings. The molecular formula is C34H45ClN2O3S. The molecule has 0 radical (unpaired) electrons. The summed E-state index contributed by atoms with van der Waals surface area (Å²) in [6.45, 7) is 11.5. The van der Waals surface area contributed by atoms with E-state index in [4.69, 9.17) is 21.5 Å². The van der Waals surface area contributed by atoms with Crippen molar-refractivity contribution in [1.82, 2.24) is 0 Å². The van der Waals surface area contributed by atoms with Crippen LogP contribution in [0.15, 0.2) is 48.0 Å². The topological polar surface area (TPSA) is 75.8 Å². The highest BCUT2D eigenvalue weighted by atomic mass is 35.5. The highest BCUT2D eigenvalue weighted by molar-refractivity contribution is 7.97. The zero-order valence-electron chi connectivity index (χ0n) is 24.9. The number of aromatic carboxylic acids is 1. The number of nitrogens with two attached hydrogens (primary N) is 1. The summed E-state index contributed by atoms with van der Waals surface area (Å²) in [6, 6.07) is 11.5. The second-order valence-electron chi connectivity index (χ2n) is 13.3. The van der Waals surface area contributed by atoms with Gasteiger partial charge in [0.1, 0.15) is 5.75 Å². The van der Waals surface area contributed by atoms with Gasteiger partial charge in [0.05, 0.1) is 17.9 Å². The maximum absolute atomic E-state index is 11.9. The molecule has 2 aromatic rings. The van der Waals surface area contributed by atoms with Crippen molar-refractivity contribution in [3.05, 3.63) is 69.8 Å². The summed E-state index contributed by atoms with van der Waals surface area (Å²) in [7, 11) is 0. The number of carbonyl (C=O) groups is 1. The number of hydrogen-bond donors (Lipinski definition) is 2. The first kappa shape index (κ1) is 30.3. The number of carboxylic acids is 1. The Balaban J connectivity index is 1.38. The van der Waals surface area contributed by atoms with Crippen molar-refractivity contribution in [3.63, 3.8) is 0 Å². The van der Waals surface area contributed by atoms with Crippen LogP contribution in [0.3, 0.4) is 0 Å². The highest BCUT2D eigenvalue weighted by Gasteiger charge is 2.42. The van der Waals surface area contributed by atoms with Gasteiger partial charge in [-0.2, -0.15) is 0 Å². The molecule has 5 nitrogen and oxygen atoms in total. The fraction of sp³-hybridized carbons (Fsp3) is 0.559. The molecule has 0 saturated heterocycles. The zero-order valence-corrected chi connectivity index (χ0v) is 26.4. The largest absolute Gasteiger partial charge is 0.491 e. The van der Waals surface area contributed by atoms with Gasteiger partial charge >= 0.3 is 5.97 Å². The summed E-state index contributed by atoms with van der Waals surface area (Å²) < 4.78 is 6.39. The van der Waals surface area contributed by atoms with Crippen LogP contribution in [-0.4, -0.2) is 36.5 Å². The number of allylic oxidation sites excluding steroid dienone is 2. The molecule has 1 heterocycles. The number of nitrogens with zero attached hydrogens (tertiary/aromatic N) is 1. The number of anilines is 1. The second-order valence-corrected chi connectivity index (χ2v) is 14.3. The van der Waals surface area contributed by atoms with Crippen molar-refractivity contribution in [2.45, 2.75) is 65.7 Å². The quantitative estimate of drug-likeness (QED) is 0.201. The van der Waals surface area contributed by atoms with Gasteiger partial charge in [0, 0.05) is 29.8 Å². The van der Waals surface area contributed by atoms with Crippen LogP contribution in [0, 0.1) is 29.1 Å². The Kier molecular flexibility index (Phi) is 9.32. The lowest BCUT2D eigenvalue weighted by atomic mass is 9.60. The first-order chi connectivity index (χ1) is 19.6. The molecule has 1 aliphatic heterocycles. The van der Waals surface area contributed by atoms with Crippen LogP contribution >= 0.6 is 23.5 Å². The van der Waals surface area contributed by atoms with Crippen molar-refractivity contribution in [2.75, 3.05) is 30.3 Å². The Morgan fingerprint density at radius 3 is 2.71 bits per heavy atom. The zero-order chi connectivity index (χ0) is 29.3. The Bertz CT molecular complexity index is 1290.